The molecule has 0 bridgehead atoms. The van der Waals surface area contributed by atoms with Crippen LogP contribution in [0.4, 0.5) is 0 Å². The average Bonchev–Trinajstić information content (AvgIpc) is 3.08. The molecule has 3 aromatic rings. The normalized spacial score (nSPS) is 10.4. The Bertz CT molecular complexity index is 1060. The Morgan fingerprint density at radius 2 is 1.96 bits per heavy atom. The minimum Gasteiger partial charge on any atom is -0.267 e. The van der Waals surface area contributed by atoms with Crippen LogP contribution < -0.4 is 11.5 Å². The van der Waals surface area contributed by atoms with Crippen LogP contribution in [0.2, 0.25) is 0 Å². The van der Waals surface area contributed by atoms with Gasteiger partial charge in [-0.25, -0.2) is 25.0 Å². The van der Waals surface area contributed by atoms with Gasteiger partial charge in [0.05, 0.1) is 0 Å². The number of amides is 2. The van der Waals surface area contributed by atoms with E-state index < -0.39 is 17.5 Å². The largest absolute Gasteiger partial charge is 0.353 e. The summed E-state index contributed by atoms with van der Waals surface area (Å²) in [5.41, 5.74) is -0.791. The lowest BCUT2D eigenvalue weighted by Crippen LogP contribution is -2.43. The zero-order chi connectivity index (χ0) is 18.0. The van der Waals surface area contributed by atoms with Crippen LogP contribution in [0, 0.1) is 12.3 Å². The number of aromatic nitrogens is 5. The Kier molecular flexibility index (Phi) is 4.07. The quantitative estimate of drug-likeness (QED) is 0.215. The van der Waals surface area contributed by atoms with Gasteiger partial charge < -0.3 is 0 Å². The summed E-state index contributed by atoms with van der Waals surface area (Å²) in [5, 5.41) is 7.80. The predicted molar refractivity (Wildman–Crippen MR) is 85.0 cm³/mol. The highest BCUT2D eigenvalue weighted by Crippen LogP contribution is 2.09. The highest BCUT2D eigenvalue weighted by molar-refractivity contribution is 6.11. The van der Waals surface area contributed by atoms with Crippen molar-refractivity contribution in [3.63, 3.8) is 0 Å². The molecule has 0 atom stereocenters. The number of imide groups is 1. The summed E-state index contributed by atoms with van der Waals surface area (Å²) in [6, 6.07) is 8.02. The summed E-state index contributed by atoms with van der Waals surface area (Å²) >= 11 is 0. The number of nitrogens with zero attached hydrogens (tertiary/aromatic N) is 6. The third-order valence-electron chi connectivity index (χ3n) is 3.32. The van der Waals surface area contributed by atoms with Gasteiger partial charge in [-0.15, -0.1) is 11.5 Å². The van der Waals surface area contributed by atoms with Gasteiger partial charge in [-0.3, -0.25) is 9.59 Å². The van der Waals surface area contributed by atoms with Gasteiger partial charge in [0.1, 0.15) is 12.9 Å². The zero-order valence-electron chi connectivity index (χ0n) is 12.7. The Balaban J connectivity index is 1.98. The molecule has 2 N–H and O–H groups in total. The molecule has 0 spiro atoms. The van der Waals surface area contributed by atoms with Crippen LogP contribution in [0.5, 0.6) is 0 Å². The molecule has 0 radical (unpaired) electrons. The van der Waals surface area contributed by atoms with Gasteiger partial charge in [0.15, 0.2) is 11.3 Å². The number of benzene rings is 1. The summed E-state index contributed by atoms with van der Waals surface area (Å²) in [5.74, 6) is 6.24. The van der Waals surface area contributed by atoms with Crippen molar-refractivity contribution < 1.29 is 9.59 Å². The number of hydrogen-bond acceptors (Lipinski definition) is 7. The van der Waals surface area contributed by atoms with Crippen LogP contribution in [0.15, 0.2) is 41.5 Å². The highest BCUT2D eigenvalue weighted by Gasteiger charge is 2.26. The number of hydrogen-bond donors (Lipinski definition) is 1. The maximum Gasteiger partial charge on any atom is 0.353 e. The van der Waals surface area contributed by atoms with Crippen LogP contribution in [-0.2, 0) is 6.54 Å². The number of rotatable bonds is 3. The van der Waals surface area contributed by atoms with Crippen molar-refractivity contribution in [3.05, 3.63) is 58.4 Å². The van der Waals surface area contributed by atoms with Gasteiger partial charge in [-0.1, -0.05) is 29.3 Å². The first-order valence-corrected chi connectivity index (χ1v) is 6.97. The molecular weight excluding hydrogens is 326 g/mol. The molecule has 0 saturated heterocycles. The van der Waals surface area contributed by atoms with Crippen molar-refractivity contribution in [3.8, 4) is 12.3 Å². The first-order valence-electron chi connectivity index (χ1n) is 6.97. The van der Waals surface area contributed by atoms with Crippen molar-refractivity contribution in [2.24, 2.45) is 5.84 Å². The van der Waals surface area contributed by atoms with Gasteiger partial charge in [-0.05, 0) is 12.1 Å². The number of terminal acetylenes is 1. The molecule has 0 unspecified atom stereocenters. The van der Waals surface area contributed by atoms with E-state index in [1.807, 2.05) is 0 Å². The zero-order valence-corrected chi connectivity index (χ0v) is 12.7. The Morgan fingerprint density at radius 1 is 1.24 bits per heavy atom. The van der Waals surface area contributed by atoms with Gasteiger partial charge in [0.25, 0.3) is 11.8 Å². The summed E-state index contributed by atoms with van der Waals surface area (Å²) in [6.45, 7) is -0.0846. The maximum absolute atomic E-state index is 12.5. The van der Waals surface area contributed by atoms with E-state index in [-0.39, 0.29) is 23.4 Å². The third-order valence-corrected chi connectivity index (χ3v) is 3.32. The summed E-state index contributed by atoms with van der Waals surface area (Å²) < 4.78 is 1.93. The standard InChI is InChI=1S/C15H11N7O3/c1-2-8-21-15(25)20-9-17-11(12(20)18-19-21)14(24)22(16)13(23)10-6-4-3-5-7-10/h1,3-7,9H,8,16H2. The lowest BCUT2D eigenvalue weighted by molar-refractivity contribution is 0.0613. The van der Waals surface area contributed by atoms with E-state index in [0.717, 1.165) is 15.4 Å². The molecule has 2 heterocycles. The molecule has 0 aliphatic heterocycles. The summed E-state index contributed by atoms with van der Waals surface area (Å²) in [7, 11) is 0. The molecule has 124 valence electrons. The summed E-state index contributed by atoms with van der Waals surface area (Å²) in [4.78, 5) is 40.7. The van der Waals surface area contributed by atoms with Crippen LogP contribution >= 0.6 is 0 Å². The molecule has 0 fully saturated rings. The smallest absolute Gasteiger partial charge is 0.267 e. The van der Waals surface area contributed by atoms with Gasteiger partial charge in [-0.2, -0.15) is 4.68 Å². The second-order valence-electron chi connectivity index (χ2n) is 4.87. The number of nitrogens with two attached hydrogens (primary N) is 1. The molecular formula is C15H11N7O3. The maximum atomic E-state index is 12.5. The number of fused-ring (bicyclic) bond motifs is 1. The fourth-order valence-corrected chi connectivity index (χ4v) is 2.10. The third kappa shape index (κ3) is 2.75. The molecule has 1 aromatic carbocycles. The van der Waals surface area contributed by atoms with E-state index >= 15 is 0 Å². The number of imidazole rings is 1. The van der Waals surface area contributed by atoms with E-state index in [0.29, 0.717) is 5.01 Å². The fourth-order valence-electron chi connectivity index (χ4n) is 2.10. The molecule has 2 amide bonds. The average molecular weight is 337 g/mol. The van der Waals surface area contributed by atoms with Crippen molar-refractivity contribution >= 4 is 17.5 Å². The number of hydrazine groups is 1. The van der Waals surface area contributed by atoms with E-state index in [1.165, 1.54) is 12.1 Å². The molecule has 25 heavy (non-hydrogen) atoms. The molecule has 10 nitrogen and oxygen atoms in total. The fraction of sp³-hybridized carbons (Fsp3) is 0.0667. The van der Waals surface area contributed by atoms with Crippen LogP contribution in [-0.4, -0.2) is 41.2 Å². The first-order chi connectivity index (χ1) is 12.0. The highest BCUT2D eigenvalue weighted by atomic mass is 16.2. The van der Waals surface area contributed by atoms with E-state index in [9.17, 15) is 14.4 Å². The lowest BCUT2D eigenvalue weighted by atomic mass is 10.2. The Labute approximate surface area is 140 Å². The van der Waals surface area contributed by atoms with Crippen LogP contribution in [0.1, 0.15) is 20.8 Å². The van der Waals surface area contributed by atoms with Crippen LogP contribution in [0.3, 0.4) is 0 Å². The molecule has 0 saturated carbocycles. The van der Waals surface area contributed by atoms with Crippen molar-refractivity contribution in [2.45, 2.75) is 6.54 Å². The summed E-state index contributed by atoms with van der Waals surface area (Å²) in [6.07, 6.45) is 6.23. The number of carbonyl (C=O) groups excluding carboxylic acids is 2. The van der Waals surface area contributed by atoms with Crippen molar-refractivity contribution in [1.82, 2.24) is 29.4 Å². The lowest BCUT2D eigenvalue weighted by Gasteiger charge is -2.13. The Morgan fingerprint density at radius 3 is 2.64 bits per heavy atom. The predicted octanol–water partition coefficient (Wildman–Crippen LogP) is -0.925. The van der Waals surface area contributed by atoms with Crippen molar-refractivity contribution in [1.29, 1.82) is 0 Å². The molecule has 0 aliphatic rings. The van der Waals surface area contributed by atoms with Crippen LogP contribution in [0.25, 0.3) is 5.65 Å². The van der Waals surface area contributed by atoms with E-state index in [1.54, 1.807) is 18.2 Å². The molecule has 2 aromatic heterocycles. The SMILES string of the molecule is C#CCn1nnc2c(C(=O)N(N)C(=O)c3ccccc3)ncn2c1=O. The monoisotopic (exact) mass is 337 g/mol. The van der Waals surface area contributed by atoms with Gasteiger partial charge in [0.2, 0.25) is 0 Å². The van der Waals surface area contributed by atoms with E-state index in [2.05, 4.69) is 21.2 Å². The number of carbonyl (C=O) groups is 2. The minimum absolute atomic E-state index is 0.0846. The Hall–Kier alpha value is -3.84. The van der Waals surface area contributed by atoms with Gasteiger partial charge in [0, 0.05) is 5.56 Å². The van der Waals surface area contributed by atoms with Gasteiger partial charge >= 0.3 is 5.69 Å². The van der Waals surface area contributed by atoms with Crippen molar-refractivity contribution in [2.75, 3.05) is 0 Å². The minimum atomic E-state index is -0.917. The van der Waals surface area contributed by atoms with E-state index in [4.69, 9.17) is 12.3 Å². The molecule has 0 aliphatic carbocycles. The second kappa shape index (κ2) is 6.34. The second-order valence-corrected chi connectivity index (χ2v) is 4.87. The first kappa shape index (κ1) is 16.0. The molecule has 10 heteroatoms. The molecule has 3 rings (SSSR count). The topological polar surface area (TPSA) is 128 Å².